The van der Waals surface area contributed by atoms with Gasteiger partial charge in [0.15, 0.2) is 6.04 Å². The van der Waals surface area contributed by atoms with E-state index in [0.717, 1.165) is 0 Å². The summed E-state index contributed by atoms with van der Waals surface area (Å²) in [6.45, 7) is 5.25. The molecule has 0 saturated heterocycles. The molecule has 0 radical (unpaired) electrons. The molecule has 0 rings (SSSR count). The van der Waals surface area contributed by atoms with Crippen molar-refractivity contribution in [2.75, 3.05) is 26.4 Å². The molecule has 2 amide bonds. The Bertz CT molecular complexity index is 293. The molecule has 0 unspecified atom stereocenters. The second kappa shape index (κ2) is 9.41. The minimum absolute atomic E-state index is 0.0119. The van der Waals surface area contributed by atoms with E-state index in [4.69, 9.17) is 9.47 Å². The molecular weight excluding hydrogens is 240 g/mol. The van der Waals surface area contributed by atoms with Gasteiger partial charge in [-0.1, -0.05) is 0 Å². The molecule has 7 heteroatoms. The van der Waals surface area contributed by atoms with Crippen molar-refractivity contribution in [3.63, 3.8) is 0 Å². The largest absolute Gasteiger partial charge is 0.464 e. The first kappa shape index (κ1) is 16.4. The van der Waals surface area contributed by atoms with Gasteiger partial charge in [0.1, 0.15) is 0 Å². The summed E-state index contributed by atoms with van der Waals surface area (Å²) in [7, 11) is 0. The van der Waals surface area contributed by atoms with Crippen molar-refractivity contribution in [3.05, 3.63) is 0 Å². The van der Waals surface area contributed by atoms with E-state index in [2.05, 4.69) is 10.6 Å². The zero-order valence-electron chi connectivity index (χ0n) is 10.9. The Hall–Kier alpha value is -1.63. The fraction of sp³-hybridized carbons (Fsp3) is 0.727. The standard InChI is InChI=1S/C11H20N2O5/c1-4-18-11(16)10(13-9(3)15)7-17-6-5-12-8(2)14/h10H,4-7H2,1-3H3,(H,12,14)(H,13,15)/t10-/m1/s1. The van der Waals surface area contributed by atoms with Crippen molar-refractivity contribution in [1.29, 1.82) is 0 Å². The predicted molar refractivity (Wildman–Crippen MR) is 63.7 cm³/mol. The Morgan fingerprint density at radius 2 is 1.83 bits per heavy atom. The van der Waals surface area contributed by atoms with Crippen LogP contribution in [0, 0.1) is 0 Å². The molecule has 7 nitrogen and oxygen atoms in total. The monoisotopic (exact) mass is 260 g/mol. The highest BCUT2D eigenvalue weighted by molar-refractivity contribution is 5.83. The van der Waals surface area contributed by atoms with Crippen LogP contribution < -0.4 is 10.6 Å². The molecule has 0 bridgehead atoms. The van der Waals surface area contributed by atoms with E-state index < -0.39 is 12.0 Å². The molecule has 0 saturated carbocycles. The molecule has 104 valence electrons. The van der Waals surface area contributed by atoms with E-state index in [0.29, 0.717) is 6.54 Å². The number of carbonyl (C=O) groups is 3. The van der Waals surface area contributed by atoms with Gasteiger partial charge in [-0.05, 0) is 6.92 Å². The number of carbonyl (C=O) groups excluding carboxylic acids is 3. The molecule has 1 atom stereocenters. The van der Waals surface area contributed by atoms with Crippen LogP contribution in [0.3, 0.4) is 0 Å². The zero-order chi connectivity index (χ0) is 14.0. The maximum atomic E-state index is 11.5. The molecule has 0 heterocycles. The summed E-state index contributed by atoms with van der Waals surface area (Å²) < 4.78 is 9.98. The Balaban J connectivity index is 3.97. The molecule has 0 aromatic heterocycles. The SMILES string of the molecule is CCOC(=O)[C@@H](COCCNC(C)=O)NC(C)=O. The van der Waals surface area contributed by atoms with Gasteiger partial charge in [-0.3, -0.25) is 9.59 Å². The number of esters is 1. The lowest BCUT2D eigenvalue weighted by atomic mass is 10.3. The number of amides is 2. The average Bonchev–Trinajstić information content (AvgIpc) is 2.26. The van der Waals surface area contributed by atoms with Gasteiger partial charge >= 0.3 is 5.97 Å². The second-order valence-electron chi connectivity index (χ2n) is 3.56. The van der Waals surface area contributed by atoms with Crippen LogP contribution in [0.15, 0.2) is 0 Å². The summed E-state index contributed by atoms with van der Waals surface area (Å²) in [6, 6.07) is -0.820. The quantitative estimate of drug-likeness (QED) is 0.440. The number of ether oxygens (including phenoxy) is 2. The molecule has 0 aliphatic carbocycles. The highest BCUT2D eigenvalue weighted by Crippen LogP contribution is 1.92. The summed E-state index contributed by atoms with van der Waals surface area (Å²) in [5.74, 6) is -1.02. The zero-order valence-corrected chi connectivity index (χ0v) is 10.9. The fourth-order valence-electron chi connectivity index (χ4n) is 1.16. The minimum Gasteiger partial charge on any atom is -0.464 e. The molecule has 2 N–H and O–H groups in total. The third-order valence-electron chi connectivity index (χ3n) is 1.85. The lowest BCUT2D eigenvalue weighted by Crippen LogP contribution is -2.44. The van der Waals surface area contributed by atoms with Gasteiger partial charge in [-0.2, -0.15) is 0 Å². The van der Waals surface area contributed by atoms with Gasteiger partial charge < -0.3 is 20.1 Å². The lowest BCUT2D eigenvalue weighted by molar-refractivity contribution is -0.149. The molecule has 0 aromatic carbocycles. The maximum absolute atomic E-state index is 11.5. The number of nitrogens with one attached hydrogen (secondary N) is 2. The predicted octanol–water partition coefficient (Wildman–Crippen LogP) is -0.793. The average molecular weight is 260 g/mol. The normalized spacial score (nSPS) is 11.5. The van der Waals surface area contributed by atoms with E-state index in [-0.39, 0.29) is 31.6 Å². The van der Waals surface area contributed by atoms with Gasteiger partial charge in [0.25, 0.3) is 0 Å². The van der Waals surface area contributed by atoms with Crippen LogP contribution in [0.25, 0.3) is 0 Å². The van der Waals surface area contributed by atoms with Crippen LogP contribution in [-0.4, -0.2) is 50.2 Å². The maximum Gasteiger partial charge on any atom is 0.331 e. The molecule has 0 aromatic rings. The van der Waals surface area contributed by atoms with Crippen LogP contribution in [-0.2, 0) is 23.9 Å². The Morgan fingerprint density at radius 3 is 2.33 bits per heavy atom. The molecular formula is C11H20N2O5. The van der Waals surface area contributed by atoms with E-state index in [1.807, 2.05) is 0 Å². The van der Waals surface area contributed by atoms with Crippen LogP contribution in [0.4, 0.5) is 0 Å². The van der Waals surface area contributed by atoms with Crippen LogP contribution >= 0.6 is 0 Å². The molecule has 0 aliphatic rings. The Kier molecular flexibility index (Phi) is 8.55. The van der Waals surface area contributed by atoms with Crippen molar-refractivity contribution in [1.82, 2.24) is 10.6 Å². The van der Waals surface area contributed by atoms with E-state index in [9.17, 15) is 14.4 Å². The van der Waals surface area contributed by atoms with E-state index >= 15 is 0 Å². The Labute approximate surface area is 106 Å². The number of hydrogen-bond donors (Lipinski definition) is 2. The summed E-state index contributed by atoms with van der Waals surface area (Å²) in [4.78, 5) is 33.0. The van der Waals surface area contributed by atoms with E-state index in [1.54, 1.807) is 6.92 Å². The first-order valence-electron chi connectivity index (χ1n) is 5.73. The molecule has 0 aliphatic heterocycles. The van der Waals surface area contributed by atoms with Crippen LogP contribution in [0.1, 0.15) is 20.8 Å². The number of hydrogen-bond acceptors (Lipinski definition) is 5. The summed E-state index contributed by atoms with van der Waals surface area (Å²) >= 11 is 0. The minimum atomic E-state index is -0.820. The Morgan fingerprint density at radius 1 is 1.17 bits per heavy atom. The van der Waals surface area contributed by atoms with Crippen molar-refractivity contribution < 1.29 is 23.9 Å². The van der Waals surface area contributed by atoms with Gasteiger partial charge in [0, 0.05) is 20.4 Å². The fourth-order valence-corrected chi connectivity index (χ4v) is 1.16. The van der Waals surface area contributed by atoms with Crippen LogP contribution in [0.5, 0.6) is 0 Å². The summed E-state index contributed by atoms with van der Waals surface area (Å²) in [5.41, 5.74) is 0. The van der Waals surface area contributed by atoms with Crippen molar-refractivity contribution in [2.24, 2.45) is 0 Å². The molecule has 0 fully saturated rings. The van der Waals surface area contributed by atoms with Crippen molar-refractivity contribution in [2.45, 2.75) is 26.8 Å². The van der Waals surface area contributed by atoms with Gasteiger partial charge in [0.2, 0.25) is 11.8 Å². The second-order valence-corrected chi connectivity index (χ2v) is 3.56. The van der Waals surface area contributed by atoms with Crippen molar-refractivity contribution >= 4 is 17.8 Å². The first-order valence-corrected chi connectivity index (χ1v) is 5.73. The third kappa shape index (κ3) is 8.51. The number of rotatable bonds is 8. The van der Waals surface area contributed by atoms with Gasteiger partial charge in [0.05, 0.1) is 19.8 Å². The first-order chi connectivity index (χ1) is 8.47. The van der Waals surface area contributed by atoms with Gasteiger partial charge in [-0.25, -0.2) is 4.79 Å². The smallest absolute Gasteiger partial charge is 0.331 e. The highest BCUT2D eigenvalue weighted by Gasteiger charge is 2.20. The summed E-state index contributed by atoms with van der Waals surface area (Å²) in [6.07, 6.45) is 0. The lowest BCUT2D eigenvalue weighted by Gasteiger charge is -2.16. The molecule has 18 heavy (non-hydrogen) atoms. The van der Waals surface area contributed by atoms with E-state index in [1.165, 1.54) is 13.8 Å². The van der Waals surface area contributed by atoms with Crippen LogP contribution in [0.2, 0.25) is 0 Å². The van der Waals surface area contributed by atoms with Gasteiger partial charge in [-0.15, -0.1) is 0 Å². The summed E-state index contributed by atoms with van der Waals surface area (Å²) in [5, 5.41) is 4.99. The molecule has 0 spiro atoms. The highest BCUT2D eigenvalue weighted by atomic mass is 16.5. The topological polar surface area (TPSA) is 93.7 Å². The third-order valence-corrected chi connectivity index (χ3v) is 1.85. The van der Waals surface area contributed by atoms with Crippen molar-refractivity contribution in [3.8, 4) is 0 Å².